The molecule has 0 N–H and O–H groups in total. The number of carbonyl (C=O) groups excluding carboxylic acids is 1. The Bertz CT molecular complexity index is 904. The molecule has 1 unspecified atom stereocenters. The number of carbonyl (C=O) groups is 1. The van der Waals surface area contributed by atoms with Crippen LogP contribution in [0.25, 0.3) is 0 Å². The first kappa shape index (κ1) is 41.3. The van der Waals surface area contributed by atoms with E-state index in [1.165, 1.54) is 93.8 Å². The monoisotopic (exact) mass is 597 g/mol. The lowest BCUT2D eigenvalue weighted by atomic mass is 9.95. The number of hydrogen-bond acceptors (Lipinski definition) is 2. The minimum Gasteiger partial charge on any atom is -0.371 e. The maximum atomic E-state index is 12.2. The van der Waals surface area contributed by atoms with Gasteiger partial charge in [-0.15, -0.1) is 0 Å². The molecule has 0 aliphatic heterocycles. The van der Waals surface area contributed by atoms with E-state index in [0.717, 1.165) is 31.1 Å². The summed E-state index contributed by atoms with van der Waals surface area (Å²) in [6.07, 6.45) is 30.9. The standard InChI is InChI=1S/C41H72O2/c1-33(2)19-14-22-36(5)25-17-28-37(6)26-15-23-34(3)20-12-13-21-35(4)24-16-27-38(7)29-18-30-39(8)31-32-40(42)41(9,10)43-11/h19,23,25,27,30,35,37H,12-18,20-22,24,26,28-29,31-32H2,1-11H3/b34-23+,36-25+,38-27+,39-30+/t35?,37-/m0/s1. The zero-order valence-corrected chi connectivity index (χ0v) is 30.7. The molecule has 0 aromatic heterocycles. The maximum absolute atomic E-state index is 12.2. The third-order valence-electron chi connectivity index (χ3n) is 9.03. The van der Waals surface area contributed by atoms with Crippen LogP contribution in [-0.2, 0) is 9.53 Å². The van der Waals surface area contributed by atoms with Crippen molar-refractivity contribution in [2.75, 3.05) is 7.11 Å². The van der Waals surface area contributed by atoms with Crippen LogP contribution in [0.2, 0.25) is 0 Å². The molecule has 2 atom stereocenters. The van der Waals surface area contributed by atoms with Crippen molar-refractivity contribution >= 4 is 5.78 Å². The smallest absolute Gasteiger partial charge is 0.164 e. The van der Waals surface area contributed by atoms with Gasteiger partial charge in [-0.3, -0.25) is 4.79 Å². The summed E-state index contributed by atoms with van der Waals surface area (Å²) in [6, 6.07) is 0. The summed E-state index contributed by atoms with van der Waals surface area (Å²) < 4.78 is 5.30. The van der Waals surface area contributed by atoms with Gasteiger partial charge in [-0.2, -0.15) is 0 Å². The minimum atomic E-state index is -0.673. The van der Waals surface area contributed by atoms with Crippen LogP contribution >= 0.6 is 0 Å². The zero-order chi connectivity index (χ0) is 32.7. The summed E-state index contributed by atoms with van der Waals surface area (Å²) in [5.74, 6) is 1.78. The summed E-state index contributed by atoms with van der Waals surface area (Å²) >= 11 is 0. The van der Waals surface area contributed by atoms with Gasteiger partial charge in [0.15, 0.2) is 5.78 Å². The van der Waals surface area contributed by atoms with Crippen molar-refractivity contribution in [1.82, 2.24) is 0 Å². The van der Waals surface area contributed by atoms with Crippen molar-refractivity contribution in [3.63, 3.8) is 0 Å². The first-order chi connectivity index (χ1) is 20.3. The van der Waals surface area contributed by atoms with Gasteiger partial charge >= 0.3 is 0 Å². The number of allylic oxidation sites excluding steroid dienone is 10. The normalized spacial score (nSPS) is 15.0. The van der Waals surface area contributed by atoms with Crippen LogP contribution in [0.15, 0.2) is 58.2 Å². The van der Waals surface area contributed by atoms with Crippen LogP contribution in [0.4, 0.5) is 0 Å². The highest BCUT2D eigenvalue weighted by atomic mass is 16.5. The largest absolute Gasteiger partial charge is 0.371 e. The first-order valence-corrected chi connectivity index (χ1v) is 17.6. The molecular formula is C41H72O2. The SMILES string of the molecule is COC(C)(C)C(=O)CC/C(C)=C/CC/C(C)=C/CCC(C)CCCC/C(C)=C/CC[C@H](C)CC/C=C(\C)CCC=C(C)C. The van der Waals surface area contributed by atoms with E-state index in [9.17, 15) is 4.79 Å². The number of Topliss-reactive ketones (excluding diaryl/α,β-unsaturated/α-hetero) is 1. The van der Waals surface area contributed by atoms with E-state index in [2.05, 4.69) is 85.8 Å². The van der Waals surface area contributed by atoms with Crippen LogP contribution in [0, 0.1) is 11.8 Å². The molecular weight excluding hydrogens is 524 g/mol. The summed E-state index contributed by atoms with van der Waals surface area (Å²) in [4.78, 5) is 12.2. The van der Waals surface area contributed by atoms with Crippen molar-refractivity contribution in [2.24, 2.45) is 11.8 Å². The molecule has 0 spiro atoms. The number of unbranched alkanes of at least 4 members (excludes halogenated alkanes) is 1. The molecule has 248 valence electrons. The van der Waals surface area contributed by atoms with E-state index in [1.807, 2.05) is 13.8 Å². The van der Waals surface area contributed by atoms with Crippen molar-refractivity contribution in [3.8, 4) is 0 Å². The molecule has 0 aliphatic carbocycles. The van der Waals surface area contributed by atoms with Gasteiger partial charge in [0.1, 0.15) is 5.60 Å². The lowest BCUT2D eigenvalue weighted by Crippen LogP contribution is -2.33. The fraction of sp³-hybridized carbons (Fsp3) is 0.732. The van der Waals surface area contributed by atoms with Crippen molar-refractivity contribution in [3.05, 3.63) is 58.2 Å². The molecule has 0 saturated carbocycles. The highest BCUT2D eigenvalue weighted by Gasteiger charge is 2.25. The average Bonchev–Trinajstić information content (AvgIpc) is 2.93. The van der Waals surface area contributed by atoms with Gasteiger partial charge in [0, 0.05) is 13.5 Å². The fourth-order valence-corrected chi connectivity index (χ4v) is 5.30. The fourth-order valence-electron chi connectivity index (χ4n) is 5.30. The predicted molar refractivity (Wildman–Crippen MR) is 193 cm³/mol. The van der Waals surface area contributed by atoms with Gasteiger partial charge in [-0.1, -0.05) is 84.9 Å². The highest BCUT2D eigenvalue weighted by Crippen LogP contribution is 2.21. The lowest BCUT2D eigenvalue weighted by molar-refractivity contribution is -0.137. The van der Waals surface area contributed by atoms with Gasteiger partial charge in [-0.05, 0) is 151 Å². The summed E-state index contributed by atoms with van der Waals surface area (Å²) in [7, 11) is 1.61. The van der Waals surface area contributed by atoms with Gasteiger partial charge < -0.3 is 4.74 Å². The first-order valence-electron chi connectivity index (χ1n) is 17.6. The Hall–Kier alpha value is -1.67. The Morgan fingerprint density at radius 2 is 0.977 bits per heavy atom. The van der Waals surface area contributed by atoms with E-state index in [0.29, 0.717) is 6.42 Å². The molecule has 0 fully saturated rings. The van der Waals surface area contributed by atoms with Crippen LogP contribution in [0.5, 0.6) is 0 Å². The van der Waals surface area contributed by atoms with Gasteiger partial charge in [-0.25, -0.2) is 0 Å². The Balaban J connectivity index is 4.02. The number of hydrogen-bond donors (Lipinski definition) is 0. The molecule has 0 radical (unpaired) electrons. The van der Waals surface area contributed by atoms with Crippen LogP contribution in [0.3, 0.4) is 0 Å². The molecule has 0 aliphatic rings. The number of rotatable bonds is 25. The Morgan fingerprint density at radius 3 is 1.47 bits per heavy atom. The third kappa shape index (κ3) is 24.3. The van der Waals surface area contributed by atoms with Crippen molar-refractivity contribution in [1.29, 1.82) is 0 Å². The Kier molecular flexibility index (Phi) is 23.7. The third-order valence-corrected chi connectivity index (χ3v) is 9.03. The summed E-state index contributed by atoms with van der Waals surface area (Å²) in [5, 5.41) is 0. The van der Waals surface area contributed by atoms with Gasteiger partial charge in [0.25, 0.3) is 0 Å². The molecule has 43 heavy (non-hydrogen) atoms. The molecule has 2 heteroatoms. The molecule has 0 aromatic carbocycles. The maximum Gasteiger partial charge on any atom is 0.164 e. The van der Waals surface area contributed by atoms with Crippen molar-refractivity contribution in [2.45, 2.75) is 178 Å². The second-order valence-electron chi connectivity index (χ2n) is 14.4. The topological polar surface area (TPSA) is 26.3 Å². The van der Waals surface area contributed by atoms with Crippen LogP contribution < -0.4 is 0 Å². The van der Waals surface area contributed by atoms with E-state index in [-0.39, 0.29) is 5.78 Å². The molecule has 0 aromatic rings. The molecule has 0 saturated heterocycles. The second kappa shape index (κ2) is 24.6. The number of ketones is 1. The predicted octanol–water partition coefficient (Wildman–Crippen LogP) is 13.2. The van der Waals surface area contributed by atoms with E-state index < -0.39 is 5.60 Å². The second-order valence-corrected chi connectivity index (χ2v) is 14.4. The Labute approximate surface area is 269 Å². The quantitative estimate of drug-likeness (QED) is 0.0774. The zero-order valence-electron chi connectivity index (χ0n) is 30.7. The summed E-state index contributed by atoms with van der Waals surface area (Å²) in [5.41, 5.74) is 6.68. The van der Waals surface area contributed by atoms with E-state index in [1.54, 1.807) is 18.3 Å². The highest BCUT2D eigenvalue weighted by molar-refractivity contribution is 5.86. The van der Waals surface area contributed by atoms with E-state index in [4.69, 9.17) is 4.74 Å². The van der Waals surface area contributed by atoms with Crippen LogP contribution in [-0.4, -0.2) is 18.5 Å². The number of methoxy groups -OCH3 is 1. The average molecular weight is 597 g/mol. The van der Waals surface area contributed by atoms with Gasteiger partial charge in [0.2, 0.25) is 0 Å². The van der Waals surface area contributed by atoms with Crippen molar-refractivity contribution < 1.29 is 9.53 Å². The number of ether oxygens (including phenoxy) is 1. The molecule has 0 heterocycles. The summed E-state index contributed by atoms with van der Waals surface area (Å²) in [6.45, 7) is 21.9. The minimum absolute atomic E-state index is 0.177. The molecule has 0 rings (SSSR count). The Morgan fingerprint density at radius 1 is 0.558 bits per heavy atom. The lowest BCUT2D eigenvalue weighted by Gasteiger charge is -2.21. The molecule has 2 nitrogen and oxygen atoms in total. The van der Waals surface area contributed by atoms with E-state index >= 15 is 0 Å². The molecule has 0 bridgehead atoms. The van der Waals surface area contributed by atoms with Gasteiger partial charge in [0.05, 0.1) is 0 Å². The van der Waals surface area contributed by atoms with Crippen LogP contribution in [0.1, 0.15) is 172 Å². The molecule has 0 amide bonds.